The van der Waals surface area contributed by atoms with E-state index in [1.54, 1.807) is 0 Å². The van der Waals surface area contributed by atoms with Crippen LogP contribution in [-0.4, -0.2) is 12.5 Å². The smallest absolute Gasteiger partial charge is 0.232 e. The van der Waals surface area contributed by atoms with Crippen LogP contribution in [0.3, 0.4) is 0 Å². The van der Waals surface area contributed by atoms with Crippen molar-refractivity contribution in [3.63, 3.8) is 0 Å². The van der Waals surface area contributed by atoms with Crippen molar-refractivity contribution in [2.24, 2.45) is 11.7 Å². The molecular weight excluding hydrogens is 418 g/mol. The van der Waals surface area contributed by atoms with Gasteiger partial charge in [-0.25, -0.2) is 0 Å². The van der Waals surface area contributed by atoms with Crippen LogP contribution in [0.15, 0.2) is 91.0 Å². The van der Waals surface area contributed by atoms with Gasteiger partial charge in [-0.3, -0.25) is 4.79 Å². The van der Waals surface area contributed by atoms with E-state index in [2.05, 4.69) is 32.9 Å². The Morgan fingerprint density at radius 3 is 1.71 bits per heavy atom. The molecule has 0 spiro atoms. The number of benzene rings is 3. The highest BCUT2D eigenvalue weighted by Crippen LogP contribution is 2.43. The van der Waals surface area contributed by atoms with Gasteiger partial charge in [0, 0.05) is 6.61 Å². The number of unbranched alkanes of at least 4 members (excludes halogenated alkanes) is 1. The number of rotatable bonds is 12. The minimum absolute atomic E-state index is 0.199. The van der Waals surface area contributed by atoms with Gasteiger partial charge in [-0.15, -0.1) is 0 Å². The van der Waals surface area contributed by atoms with Gasteiger partial charge in [0.1, 0.15) is 5.41 Å². The monoisotopic (exact) mass is 459 g/mol. The van der Waals surface area contributed by atoms with Crippen LogP contribution >= 0.6 is 0 Å². The first kappa shape index (κ1) is 27.3. The van der Waals surface area contributed by atoms with E-state index in [9.17, 15) is 4.79 Å². The molecule has 0 aromatic heterocycles. The summed E-state index contributed by atoms with van der Waals surface area (Å²) in [7, 11) is 0. The number of amides is 1. The van der Waals surface area contributed by atoms with Crippen LogP contribution in [0.1, 0.15) is 69.6 Å². The number of ether oxygens (including phenoxy) is 1. The van der Waals surface area contributed by atoms with E-state index in [4.69, 9.17) is 10.5 Å². The van der Waals surface area contributed by atoms with Gasteiger partial charge in [0.05, 0.1) is 6.61 Å². The van der Waals surface area contributed by atoms with E-state index >= 15 is 0 Å². The number of primary amides is 1. The molecule has 1 unspecified atom stereocenters. The number of carbonyl (C=O) groups is 1. The lowest BCUT2D eigenvalue weighted by Gasteiger charge is -2.39. The third-order valence-corrected chi connectivity index (χ3v) is 6.32. The molecule has 0 aliphatic rings. The minimum Gasteiger partial charge on any atom is -0.377 e. The second-order valence-corrected chi connectivity index (χ2v) is 8.69. The van der Waals surface area contributed by atoms with Crippen LogP contribution in [0.2, 0.25) is 0 Å². The van der Waals surface area contributed by atoms with Crippen molar-refractivity contribution in [1.29, 1.82) is 0 Å². The normalized spacial score (nSPS) is 11.9. The molecule has 2 N–H and O–H groups in total. The summed E-state index contributed by atoms with van der Waals surface area (Å²) in [5.41, 5.74) is 8.54. The zero-order valence-electron chi connectivity index (χ0n) is 21.1. The Bertz CT molecular complexity index is 886. The van der Waals surface area contributed by atoms with E-state index < -0.39 is 5.41 Å². The zero-order chi connectivity index (χ0) is 24.7. The molecule has 0 aliphatic carbocycles. The molecule has 3 aromatic rings. The van der Waals surface area contributed by atoms with Crippen LogP contribution in [0.25, 0.3) is 0 Å². The molecule has 34 heavy (non-hydrogen) atoms. The molecule has 0 radical (unpaired) electrons. The van der Waals surface area contributed by atoms with Gasteiger partial charge in [-0.2, -0.15) is 0 Å². The van der Waals surface area contributed by atoms with Crippen molar-refractivity contribution < 1.29 is 9.53 Å². The summed E-state index contributed by atoms with van der Waals surface area (Å²) in [6.07, 6.45) is 5.24. The highest BCUT2D eigenvalue weighted by molar-refractivity contribution is 5.91. The van der Waals surface area contributed by atoms with Crippen molar-refractivity contribution in [1.82, 2.24) is 0 Å². The van der Waals surface area contributed by atoms with E-state index in [1.807, 2.05) is 78.9 Å². The Labute approximate surface area is 206 Å². The SMILES string of the molecule is CCCCC(CC)C(C(N)=O)(c1ccccc1)c1ccccc1.CCCOCc1ccccc1. The lowest BCUT2D eigenvalue weighted by Crippen LogP contribution is -2.48. The Morgan fingerprint density at radius 2 is 1.29 bits per heavy atom. The summed E-state index contributed by atoms with van der Waals surface area (Å²) < 4.78 is 5.37. The van der Waals surface area contributed by atoms with Gasteiger partial charge in [0.15, 0.2) is 0 Å². The number of hydrogen-bond acceptors (Lipinski definition) is 2. The second kappa shape index (κ2) is 15.1. The van der Waals surface area contributed by atoms with Gasteiger partial charge >= 0.3 is 0 Å². The molecule has 0 heterocycles. The van der Waals surface area contributed by atoms with Crippen LogP contribution in [-0.2, 0) is 21.6 Å². The quantitative estimate of drug-likeness (QED) is 0.289. The molecule has 0 saturated carbocycles. The standard InChI is InChI=1S/C21H27NO.C10H14O/c1-3-5-12-17(4-2)21(20(22)23,18-13-8-6-9-14-18)19-15-10-7-11-16-19;1-2-8-11-9-10-6-4-3-5-7-10/h6-11,13-17H,3-5,12H2,1-2H3,(H2,22,23);3-7H,2,8-9H2,1H3. The molecule has 1 atom stereocenters. The van der Waals surface area contributed by atoms with Crippen molar-refractivity contribution >= 4 is 5.91 Å². The molecular formula is C31H41NO2. The van der Waals surface area contributed by atoms with Gasteiger partial charge in [-0.05, 0) is 35.4 Å². The average molecular weight is 460 g/mol. The Hall–Kier alpha value is -2.91. The van der Waals surface area contributed by atoms with Crippen LogP contribution < -0.4 is 5.73 Å². The highest BCUT2D eigenvalue weighted by Gasteiger charge is 2.46. The average Bonchev–Trinajstić information content (AvgIpc) is 2.88. The lowest BCUT2D eigenvalue weighted by molar-refractivity contribution is -0.124. The first-order chi connectivity index (χ1) is 16.6. The van der Waals surface area contributed by atoms with Crippen LogP contribution in [0, 0.1) is 5.92 Å². The minimum atomic E-state index is -0.757. The lowest BCUT2D eigenvalue weighted by atomic mass is 9.63. The fourth-order valence-electron chi connectivity index (χ4n) is 4.61. The topological polar surface area (TPSA) is 52.3 Å². The van der Waals surface area contributed by atoms with Crippen molar-refractivity contribution in [3.8, 4) is 0 Å². The second-order valence-electron chi connectivity index (χ2n) is 8.69. The summed E-state index contributed by atoms with van der Waals surface area (Å²) in [5.74, 6) is -0.0531. The highest BCUT2D eigenvalue weighted by atomic mass is 16.5. The van der Waals surface area contributed by atoms with Crippen LogP contribution in [0.4, 0.5) is 0 Å². The molecule has 3 aromatic carbocycles. The number of nitrogens with two attached hydrogens (primary N) is 1. The van der Waals surface area contributed by atoms with E-state index in [1.165, 1.54) is 5.56 Å². The predicted molar refractivity (Wildman–Crippen MR) is 143 cm³/mol. The summed E-state index contributed by atoms with van der Waals surface area (Å²) in [6, 6.07) is 30.3. The Morgan fingerprint density at radius 1 is 0.794 bits per heavy atom. The molecule has 3 rings (SSSR count). The van der Waals surface area contributed by atoms with Gasteiger partial charge < -0.3 is 10.5 Å². The maximum Gasteiger partial charge on any atom is 0.232 e. The molecule has 0 bridgehead atoms. The molecule has 182 valence electrons. The molecule has 3 heteroatoms. The Kier molecular flexibility index (Phi) is 12.1. The van der Waals surface area contributed by atoms with E-state index in [-0.39, 0.29) is 11.8 Å². The van der Waals surface area contributed by atoms with Crippen molar-refractivity contribution in [2.75, 3.05) is 6.61 Å². The maximum absolute atomic E-state index is 12.8. The summed E-state index contributed by atoms with van der Waals surface area (Å²) in [5, 5.41) is 0. The summed E-state index contributed by atoms with van der Waals surface area (Å²) >= 11 is 0. The summed E-state index contributed by atoms with van der Waals surface area (Å²) in [4.78, 5) is 12.8. The molecule has 0 aliphatic heterocycles. The molecule has 3 nitrogen and oxygen atoms in total. The Balaban J connectivity index is 0.000000310. The largest absolute Gasteiger partial charge is 0.377 e. The van der Waals surface area contributed by atoms with Gasteiger partial charge in [0.25, 0.3) is 0 Å². The summed E-state index contributed by atoms with van der Waals surface area (Å²) in [6.45, 7) is 8.06. The van der Waals surface area contributed by atoms with Gasteiger partial charge in [-0.1, -0.05) is 131 Å². The van der Waals surface area contributed by atoms with Crippen molar-refractivity contribution in [3.05, 3.63) is 108 Å². The number of carbonyl (C=O) groups excluding carboxylic acids is 1. The van der Waals surface area contributed by atoms with E-state index in [0.717, 1.165) is 56.4 Å². The fraction of sp³-hybridized carbons (Fsp3) is 0.387. The van der Waals surface area contributed by atoms with E-state index in [0.29, 0.717) is 0 Å². The first-order valence-corrected chi connectivity index (χ1v) is 12.6. The van der Waals surface area contributed by atoms with Gasteiger partial charge in [0.2, 0.25) is 5.91 Å². The zero-order valence-corrected chi connectivity index (χ0v) is 21.1. The fourth-order valence-corrected chi connectivity index (χ4v) is 4.61. The molecule has 1 amide bonds. The number of hydrogen-bond donors (Lipinski definition) is 1. The third-order valence-electron chi connectivity index (χ3n) is 6.32. The predicted octanol–water partition coefficient (Wildman–Crippen LogP) is 7.29. The molecule has 0 fully saturated rings. The first-order valence-electron chi connectivity index (χ1n) is 12.6. The van der Waals surface area contributed by atoms with Crippen molar-refractivity contribution in [2.45, 2.75) is 64.9 Å². The maximum atomic E-state index is 12.8. The van der Waals surface area contributed by atoms with Crippen LogP contribution in [0.5, 0.6) is 0 Å². The third kappa shape index (κ3) is 7.30. The molecule has 0 saturated heterocycles.